The maximum Gasteiger partial charge on any atom is 0.261 e. The largest absolute Gasteiger partial charge is 0.342 e. The van der Waals surface area contributed by atoms with E-state index in [2.05, 4.69) is 21.0 Å². The van der Waals surface area contributed by atoms with Gasteiger partial charge in [0.05, 0.1) is 23.0 Å². The number of halogens is 1. The minimum absolute atomic E-state index is 0.0334. The maximum absolute atomic E-state index is 14.1. The number of aromatic nitrogens is 4. The van der Waals surface area contributed by atoms with E-state index in [1.807, 2.05) is 78.4 Å². The molecule has 0 aliphatic carbocycles. The van der Waals surface area contributed by atoms with Gasteiger partial charge in [0.25, 0.3) is 5.91 Å². The molecule has 0 spiro atoms. The lowest BCUT2D eigenvalue weighted by Gasteiger charge is -2.41. The van der Waals surface area contributed by atoms with Crippen LogP contribution in [0.2, 0.25) is 5.02 Å². The normalized spacial score (nSPS) is 17.5. The number of hydrogen-bond acceptors (Lipinski definition) is 4. The highest BCUT2D eigenvalue weighted by atomic mass is 35.5. The van der Waals surface area contributed by atoms with Gasteiger partial charge in [0, 0.05) is 36.9 Å². The summed E-state index contributed by atoms with van der Waals surface area (Å²) in [5, 5.41) is 9.15. The number of pyridine rings is 1. The highest BCUT2D eigenvalue weighted by Gasteiger charge is 2.45. The van der Waals surface area contributed by atoms with Crippen LogP contribution in [0, 0.1) is 20.8 Å². The van der Waals surface area contributed by atoms with Gasteiger partial charge in [0.1, 0.15) is 11.9 Å². The summed E-state index contributed by atoms with van der Waals surface area (Å²) < 4.78 is 4.16. The van der Waals surface area contributed by atoms with Crippen molar-refractivity contribution in [2.75, 3.05) is 18.0 Å². The van der Waals surface area contributed by atoms with Crippen molar-refractivity contribution < 1.29 is 9.59 Å². The van der Waals surface area contributed by atoms with E-state index in [0.29, 0.717) is 24.5 Å². The third-order valence-corrected chi connectivity index (χ3v) is 7.84. The monoisotopic (exact) mass is 516 g/mol. The van der Waals surface area contributed by atoms with Crippen LogP contribution >= 0.6 is 11.6 Å². The zero-order valence-corrected chi connectivity index (χ0v) is 22.2. The Morgan fingerprint density at radius 1 is 1.05 bits per heavy atom. The number of carbonyl (C=O) groups excluding carboxylic acids is 2. The van der Waals surface area contributed by atoms with Crippen LogP contribution in [0.4, 0.5) is 5.69 Å². The van der Waals surface area contributed by atoms with Crippen LogP contribution in [0.25, 0.3) is 5.65 Å². The third-order valence-electron chi connectivity index (χ3n) is 7.59. The predicted molar refractivity (Wildman–Crippen MR) is 142 cm³/mol. The Labute approximate surface area is 220 Å². The molecule has 3 aromatic heterocycles. The second kappa shape index (κ2) is 8.73. The highest BCUT2D eigenvalue weighted by Crippen LogP contribution is 2.46. The number of aryl methyl sites for hydroxylation is 3. The number of likely N-dealkylation sites (tertiary alicyclic amines) is 1. The van der Waals surface area contributed by atoms with Crippen molar-refractivity contribution in [2.24, 2.45) is 0 Å². The van der Waals surface area contributed by atoms with Crippen molar-refractivity contribution in [1.82, 2.24) is 24.1 Å². The van der Waals surface area contributed by atoms with Crippen LogP contribution in [0.1, 0.15) is 70.4 Å². The number of fused-ring (bicyclic) bond motifs is 2. The Balaban J connectivity index is 1.48. The lowest BCUT2D eigenvalue weighted by atomic mass is 10.0. The summed E-state index contributed by atoms with van der Waals surface area (Å²) in [5.41, 5.74) is 6.13. The number of anilines is 1. The molecular formula is C28H29ClN6O2. The van der Waals surface area contributed by atoms with Crippen molar-refractivity contribution in [1.29, 1.82) is 0 Å². The number of rotatable bonds is 5. The summed E-state index contributed by atoms with van der Waals surface area (Å²) in [7, 11) is 0. The lowest BCUT2D eigenvalue weighted by molar-refractivity contribution is -0.137. The highest BCUT2D eigenvalue weighted by molar-refractivity contribution is 6.30. The van der Waals surface area contributed by atoms with Crippen molar-refractivity contribution in [3.63, 3.8) is 0 Å². The van der Waals surface area contributed by atoms with Crippen LogP contribution in [-0.2, 0) is 4.79 Å². The Hall–Kier alpha value is -3.65. The third kappa shape index (κ3) is 3.65. The molecule has 8 nitrogen and oxygen atoms in total. The predicted octanol–water partition coefficient (Wildman–Crippen LogP) is 5.04. The fraction of sp³-hybridized carbons (Fsp3) is 0.357. The van der Waals surface area contributed by atoms with Gasteiger partial charge in [-0.3, -0.25) is 18.9 Å². The van der Waals surface area contributed by atoms with E-state index >= 15 is 0 Å². The first-order chi connectivity index (χ1) is 17.8. The van der Waals surface area contributed by atoms with Gasteiger partial charge in [-0.05, 0) is 62.1 Å². The first-order valence-electron chi connectivity index (χ1n) is 12.7. The van der Waals surface area contributed by atoms with E-state index in [4.69, 9.17) is 11.6 Å². The summed E-state index contributed by atoms with van der Waals surface area (Å²) in [6.07, 6.45) is 5.43. The molecule has 1 aromatic carbocycles. The standard InChI is InChI=1S/C28H29ClN6O2/c1-5-6-23(36)32-13-22(14-32)34-12-17(3)24-26(34)25(19-7-9-20(29)10-8-19)35(28(24)37)21-11-16(2)27-31-30-18(4)33(27)15-21/h7-12,15,22,25H,5-6,13-14H2,1-4H3. The molecule has 2 aliphatic rings. The summed E-state index contributed by atoms with van der Waals surface area (Å²) in [5.74, 6) is 0.924. The molecular weight excluding hydrogens is 488 g/mol. The van der Waals surface area contributed by atoms with Gasteiger partial charge in [0.2, 0.25) is 5.91 Å². The molecule has 6 rings (SSSR count). The molecule has 1 unspecified atom stereocenters. The van der Waals surface area contributed by atoms with E-state index in [1.54, 1.807) is 0 Å². The van der Waals surface area contributed by atoms with Gasteiger partial charge < -0.3 is 9.47 Å². The van der Waals surface area contributed by atoms with Crippen LogP contribution in [0.5, 0.6) is 0 Å². The van der Waals surface area contributed by atoms with Gasteiger partial charge in [-0.15, -0.1) is 10.2 Å². The first-order valence-corrected chi connectivity index (χ1v) is 13.1. The molecule has 0 radical (unpaired) electrons. The number of amides is 2. The number of carbonyl (C=O) groups is 2. The molecule has 0 saturated carbocycles. The van der Waals surface area contributed by atoms with Crippen LogP contribution in [0.3, 0.4) is 0 Å². The zero-order chi connectivity index (χ0) is 26.0. The lowest BCUT2D eigenvalue weighted by Crippen LogP contribution is -2.51. The van der Waals surface area contributed by atoms with Crippen LogP contribution in [0.15, 0.2) is 42.7 Å². The van der Waals surface area contributed by atoms with E-state index in [9.17, 15) is 9.59 Å². The van der Waals surface area contributed by atoms with Gasteiger partial charge in [-0.25, -0.2) is 0 Å². The fourth-order valence-electron chi connectivity index (χ4n) is 5.70. The SMILES string of the molecule is CCCC(=O)N1CC(n2cc(C)c3c2C(c2ccc(Cl)cc2)N(c2cc(C)c4nnc(C)n4c2)C3=O)C1. The van der Waals surface area contributed by atoms with Gasteiger partial charge in [0.15, 0.2) is 5.65 Å². The molecule has 0 N–H and O–H groups in total. The molecule has 9 heteroatoms. The molecule has 2 aliphatic heterocycles. The van der Waals surface area contributed by atoms with Crippen LogP contribution in [-0.4, -0.2) is 49.0 Å². The maximum atomic E-state index is 14.1. The summed E-state index contributed by atoms with van der Waals surface area (Å²) in [6, 6.07) is 9.52. The Kier molecular flexibility index (Phi) is 5.60. The molecule has 37 heavy (non-hydrogen) atoms. The number of benzene rings is 1. The average molecular weight is 517 g/mol. The van der Waals surface area contributed by atoms with Crippen molar-refractivity contribution >= 4 is 34.7 Å². The quantitative estimate of drug-likeness (QED) is 0.372. The Morgan fingerprint density at radius 3 is 2.49 bits per heavy atom. The fourth-order valence-corrected chi connectivity index (χ4v) is 5.82. The molecule has 0 bridgehead atoms. The first kappa shape index (κ1) is 23.7. The van der Waals surface area contributed by atoms with E-state index < -0.39 is 0 Å². The number of nitrogens with zero attached hydrogens (tertiary/aromatic N) is 6. The number of hydrogen-bond donors (Lipinski definition) is 0. The second-order valence-corrected chi connectivity index (χ2v) is 10.6. The Bertz CT molecular complexity index is 1550. The van der Waals surface area contributed by atoms with Crippen molar-refractivity contribution in [3.05, 3.63) is 81.5 Å². The van der Waals surface area contributed by atoms with E-state index in [1.165, 1.54) is 0 Å². The average Bonchev–Trinajstić information content (AvgIpc) is 3.46. The second-order valence-electron chi connectivity index (χ2n) is 10.1. The van der Waals surface area contributed by atoms with E-state index in [0.717, 1.165) is 51.5 Å². The molecule has 1 atom stereocenters. The summed E-state index contributed by atoms with van der Waals surface area (Å²) >= 11 is 6.24. The smallest absolute Gasteiger partial charge is 0.261 e. The molecule has 2 amide bonds. The zero-order valence-electron chi connectivity index (χ0n) is 21.4. The van der Waals surface area contributed by atoms with E-state index in [-0.39, 0.29) is 23.9 Å². The van der Waals surface area contributed by atoms with Crippen molar-refractivity contribution in [2.45, 2.75) is 52.6 Å². The molecule has 4 aromatic rings. The molecule has 190 valence electrons. The molecule has 1 fully saturated rings. The topological polar surface area (TPSA) is 75.7 Å². The summed E-state index contributed by atoms with van der Waals surface area (Å²) in [4.78, 5) is 30.3. The minimum Gasteiger partial charge on any atom is -0.342 e. The van der Waals surface area contributed by atoms with Crippen molar-refractivity contribution in [3.8, 4) is 0 Å². The van der Waals surface area contributed by atoms with Gasteiger partial charge in [-0.2, -0.15) is 0 Å². The molecule has 1 saturated heterocycles. The van der Waals surface area contributed by atoms with Gasteiger partial charge in [-0.1, -0.05) is 30.7 Å². The summed E-state index contributed by atoms with van der Waals surface area (Å²) in [6.45, 7) is 9.22. The Morgan fingerprint density at radius 2 is 1.78 bits per heavy atom. The molecule has 5 heterocycles. The van der Waals surface area contributed by atoms with Crippen LogP contribution < -0.4 is 4.90 Å². The minimum atomic E-state index is -0.331. The van der Waals surface area contributed by atoms with Gasteiger partial charge >= 0.3 is 0 Å².